The molecule has 1 aliphatic heterocycles. The van der Waals surface area contributed by atoms with Crippen molar-refractivity contribution >= 4 is 15.9 Å². The van der Waals surface area contributed by atoms with Crippen molar-refractivity contribution in [3.8, 4) is 0 Å². The third-order valence-electron chi connectivity index (χ3n) is 3.93. The lowest BCUT2D eigenvalue weighted by Gasteiger charge is -2.39. The zero-order valence-corrected chi connectivity index (χ0v) is 13.3. The molecule has 0 spiro atoms. The SMILES string of the molecule is COC1CCN(C(c2ccccc2Br)C(C)N)CC1. The van der Waals surface area contributed by atoms with Gasteiger partial charge in [-0.15, -0.1) is 0 Å². The van der Waals surface area contributed by atoms with E-state index in [1.54, 1.807) is 7.11 Å². The van der Waals surface area contributed by atoms with Gasteiger partial charge < -0.3 is 10.5 Å². The molecule has 0 amide bonds. The molecule has 0 radical (unpaired) electrons. The van der Waals surface area contributed by atoms with Crippen LogP contribution in [0.4, 0.5) is 0 Å². The number of benzene rings is 1. The molecule has 1 aromatic carbocycles. The van der Waals surface area contributed by atoms with Gasteiger partial charge in [-0.2, -0.15) is 0 Å². The summed E-state index contributed by atoms with van der Waals surface area (Å²) in [7, 11) is 1.80. The summed E-state index contributed by atoms with van der Waals surface area (Å²) >= 11 is 3.65. The number of ether oxygens (including phenoxy) is 1. The molecule has 106 valence electrons. The fourth-order valence-corrected chi connectivity index (χ4v) is 3.44. The van der Waals surface area contributed by atoms with Crippen LogP contribution in [0, 0.1) is 0 Å². The van der Waals surface area contributed by atoms with Crippen LogP contribution < -0.4 is 5.73 Å². The van der Waals surface area contributed by atoms with Crippen LogP contribution in [0.2, 0.25) is 0 Å². The van der Waals surface area contributed by atoms with Gasteiger partial charge in [0.15, 0.2) is 0 Å². The maximum atomic E-state index is 6.24. The summed E-state index contributed by atoms with van der Waals surface area (Å²) in [5.74, 6) is 0. The number of halogens is 1. The van der Waals surface area contributed by atoms with E-state index in [2.05, 4.69) is 46.0 Å². The van der Waals surface area contributed by atoms with E-state index in [0.717, 1.165) is 30.4 Å². The minimum atomic E-state index is 0.109. The van der Waals surface area contributed by atoms with E-state index < -0.39 is 0 Å². The third kappa shape index (κ3) is 3.57. The molecule has 1 aromatic rings. The Kier molecular flexibility index (Phi) is 5.39. The normalized spacial score (nSPS) is 21.3. The molecule has 0 saturated carbocycles. The van der Waals surface area contributed by atoms with Crippen molar-refractivity contribution < 1.29 is 4.74 Å². The van der Waals surface area contributed by atoms with Crippen LogP contribution in [-0.2, 0) is 4.74 Å². The zero-order chi connectivity index (χ0) is 13.8. The predicted molar refractivity (Wildman–Crippen MR) is 82.1 cm³/mol. The van der Waals surface area contributed by atoms with Crippen molar-refractivity contribution in [3.05, 3.63) is 34.3 Å². The van der Waals surface area contributed by atoms with Crippen LogP contribution in [0.1, 0.15) is 31.4 Å². The molecule has 1 fully saturated rings. The van der Waals surface area contributed by atoms with E-state index in [-0.39, 0.29) is 12.1 Å². The number of likely N-dealkylation sites (tertiary alicyclic amines) is 1. The Bertz CT molecular complexity index is 403. The van der Waals surface area contributed by atoms with Gasteiger partial charge in [-0.1, -0.05) is 34.1 Å². The minimum absolute atomic E-state index is 0.109. The first-order valence-electron chi connectivity index (χ1n) is 6.90. The van der Waals surface area contributed by atoms with E-state index in [4.69, 9.17) is 10.5 Å². The predicted octanol–water partition coefficient (Wildman–Crippen LogP) is 2.95. The van der Waals surface area contributed by atoms with Crippen LogP contribution in [-0.4, -0.2) is 37.2 Å². The molecule has 1 saturated heterocycles. The van der Waals surface area contributed by atoms with Crippen LogP contribution in [0.3, 0.4) is 0 Å². The van der Waals surface area contributed by atoms with E-state index in [1.165, 1.54) is 5.56 Å². The molecule has 4 heteroatoms. The molecule has 19 heavy (non-hydrogen) atoms. The number of hydrogen-bond acceptors (Lipinski definition) is 3. The van der Waals surface area contributed by atoms with Crippen molar-refractivity contribution in [1.82, 2.24) is 4.90 Å². The lowest BCUT2D eigenvalue weighted by molar-refractivity contribution is 0.0233. The Morgan fingerprint density at radius 3 is 2.47 bits per heavy atom. The van der Waals surface area contributed by atoms with E-state index in [0.29, 0.717) is 6.10 Å². The Hall–Kier alpha value is -0.420. The highest BCUT2D eigenvalue weighted by molar-refractivity contribution is 9.10. The summed E-state index contributed by atoms with van der Waals surface area (Å²) in [6, 6.07) is 8.76. The van der Waals surface area contributed by atoms with Crippen LogP contribution in [0.15, 0.2) is 28.7 Å². The van der Waals surface area contributed by atoms with Crippen LogP contribution >= 0.6 is 15.9 Å². The second-order valence-corrected chi connectivity index (χ2v) is 6.15. The summed E-state index contributed by atoms with van der Waals surface area (Å²) in [6.07, 6.45) is 2.58. The number of hydrogen-bond donors (Lipinski definition) is 1. The molecule has 2 atom stereocenters. The first kappa shape index (κ1) is 15.0. The number of methoxy groups -OCH3 is 1. The molecule has 1 heterocycles. The molecular weight excluding hydrogens is 304 g/mol. The molecule has 2 unspecified atom stereocenters. The lowest BCUT2D eigenvalue weighted by atomic mass is 9.96. The number of nitrogens with two attached hydrogens (primary N) is 1. The highest BCUT2D eigenvalue weighted by atomic mass is 79.9. The first-order chi connectivity index (χ1) is 9.13. The van der Waals surface area contributed by atoms with E-state index >= 15 is 0 Å². The Morgan fingerprint density at radius 1 is 1.32 bits per heavy atom. The Morgan fingerprint density at radius 2 is 1.95 bits per heavy atom. The summed E-state index contributed by atoms with van der Waals surface area (Å²) in [5.41, 5.74) is 7.53. The number of rotatable bonds is 4. The summed E-state index contributed by atoms with van der Waals surface area (Å²) in [6.45, 7) is 4.19. The summed E-state index contributed by atoms with van der Waals surface area (Å²) in [5, 5.41) is 0. The molecule has 2 N–H and O–H groups in total. The minimum Gasteiger partial charge on any atom is -0.381 e. The van der Waals surface area contributed by atoms with Gasteiger partial charge in [0.05, 0.1) is 12.1 Å². The third-order valence-corrected chi connectivity index (χ3v) is 4.65. The monoisotopic (exact) mass is 326 g/mol. The van der Waals surface area contributed by atoms with E-state index in [1.807, 2.05) is 6.07 Å². The summed E-state index contributed by atoms with van der Waals surface area (Å²) in [4.78, 5) is 2.49. The van der Waals surface area contributed by atoms with Gasteiger partial charge in [-0.05, 0) is 31.4 Å². The van der Waals surface area contributed by atoms with Gasteiger partial charge in [0, 0.05) is 30.7 Å². The van der Waals surface area contributed by atoms with Gasteiger partial charge in [0.2, 0.25) is 0 Å². The van der Waals surface area contributed by atoms with Gasteiger partial charge in [-0.25, -0.2) is 0 Å². The molecule has 1 aliphatic rings. The second kappa shape index (κ2) is 6.84. The average molecular weight is 327 g/mol. The average Bonchev–Trinajstić information content (AvgIpc) is 2.42. The summed E-state index contributed by atoms with van der Waals surface area (Å²) < 4.78 is 6.59. The Balaban J connectivity index is 2.16. The highest BCUT2D eigenvalue weighted by Crippen LogP contribution is 2.32. The molecule has 0 bridgehead atoms. The zero-order valence-electron chi connectivity index (χ0n) is 11.7. The maximum Gasteiger partial charge on any atom is 0.0595 e. The maximum absolute atomic E-state index is 6.24. The smallest absolute Gasteiger partial charge is 0.0595 e. The second-order valence-electron chi connectivity index (χ2n) is 5.30. The number of nitrogens with zero attached hydrogens (tertiary/aromatic N) is 1. The quantitative estimate of drug-likeness (QED) is 0.924. The molecule has 3 nitrogen and oxygen atoms in total. The highest BCUT2D eigenvalue weighted by Gasteiger charge is 2.29. The van der Waals surface area contributed by atoms with Crippen molar-refractivity contribution in [2.24, 2.45) is 5.73 Å². The van der Waals surface area contributed by atoms with E-state index in [9.17, 15) is 0 Å². The van der Waals surface area contributed by atoms with Gasteiger partial charge in [0.25, 0.3) is 0 Å². The number of piperidine rings is 1. The van der Waals surface area contributed by atoms with Crippen molar-refractivity contribution in [2.75, 3.05) is 20.2 Å². The Labute approximate surface area is 124 Å². The van der Waals surface area contributed by atoms with Crippen molar-refractivity contribution in [3.63, 3.8) is 0 Å². The van der Waals surface area contributed by atoms with Crippen LogP contribution in [0.5, 0.6) is 0 Å². The van der Waals surface area contributed by atoms with Gasteiger partial charge in [0.1, 0.15) is 0 Å². The van der Waals surface area contributed by atoms with Gasteiger partial charge in [-0.3, -0.25) is 4.90 Å². The molecule has 0 aromatic heterocycles. The topological polar surface area (TPSA) is 38.5 Å². The fourth-order valence-electron chi connectivity index (χ4n) is 2.92. The fraction of sp³-hybridized carbons (Fsp3) is 0.600. The van der Waals surface area contributed by atoms with Crippen LogP contribution in [0.25, 0.3) is 0 Å². The largest absolute Gasteiger partial charge is 0.381 e. The van der Waals surface area contributed by atoms with Gasteiger partial charge >= 0.3 is 0 Å². The molecule has 0 aliphatic carbocycles. The first-order valence-corrected chi connectivity index (χ1v) is 7.69. The molecule has 2 rings (SSSR count). The lowest BCUT2D eigenvalue weighted by Crippen LogP contribution is -2.45. The standard InChI is InChI=1S/C15H23BrN2O/c1-11(17)15(13-5-3-4-6-14(13)16)18-9-7-12(19-2)8-10-18/h3-6,11-12,15H,7-10,17H2,1-2H3. The van der Waals surface area contributed by atoms with Crippen molar-refractivity contribution in [1.29, 1.82) is 0 Å². The molecular formula is C15H23BrN2O. The van der Waals surface area contributed by atoms with Crippen molar-refractivity contribution in [2.45, 2.75) is 38.0 Å².